The Labute approximate surface area is 416 Å². The summed E-state index contributed by atoms with van der Waals surface area (Å²) < 4.78 is 22.7. The minimum atomic E-state index is -1.79. The lowest BCUT2D eigenvalue weighted by Crippen LogP contribution is -2.65. The summed E-state index contributed by atoms with van der Waals surface area (Å²) in [6.45, 7) is 2.75. The van der Waals surface area contributed by atoms with Crippen LogP contribution in [0, 0.1) is 0 Å². The van der Waals surface area contributed by atoms with E-state index in [2.05, 4.69) is 55.6 Å². The van der Waals surface area contributed by atoms with E-state index in [1.165, 1.54) is 116 Å². The maximum absolute atomic E-state index is 13.2. The van der Waals surface area contributed by atoms with E-state index in [0.717, 1.165) is 51.4 Å². The van der Waals surface area contributed by atoms with Crippen molar-refractivity contribution >= 4 is 5.91 Å². The highest BCUT2D eigenvalue weighted by Gasteiger charge is 2.51. The molecule has 0 saturated carbocycles. The number of unbranched alkanes of at least 4 members (excludes halogenated alkanes) is 23. The largest absolute Gasteiger partial charge is 0.394 e. The van der Waals surface area contributed by atoms with Crippen molar-refractivity contribution in [2.45, 2.75) is 274 Å². The molecule has 14 nitrogen and oxygen atoms in total. The number of ether oxygens (including phenoxy) is 4. The van der Waals surface area contributed by atoms with Crippen LogP contribution >= 0.6 is 0 Å². The zero-order valence-corrected chi connectivity index (χ0v) is 42.8. The molecule has 69 heavy (non-hydrogen) atoms. The number of hydrogen-bond donors (Lipinski definition) is 9. The van der Waals surface area contributed by atoms with Crippen molar-refractivity contribution in [3.05, 3.63) is 48.6 Å². The topological polar surface area (TPSA) is 228 Å². The van der Waals surface area contributed by atoms with Crippen LogP contribution in [0.4, 0.5) is 0 Å². The first-order valence-corrected chi connectivity index (χ1v) is 27.4. The highest BCUT2D eigenvalue weighted by molar-refractivity contribution is 5.76. The first-order valence-electron chi connectivity index (χ1n) is 27.4. The fraction of sp³-hybridized carbons (Fsp3) is 0.836. The summed E-state index contributed by atoms with van der Waals surface area (Å²) in [6, 6.07) is -0.939. The summed E-state index contributed by atoms with van der Waals surface area (Å²) in [5.74, 6) is -0.259. The van der Waals surface area contributed by atoms with E-state index in [1.807, 2.05) is 6.08 Å². The summed E-state index contributed by atoms with van der Waals surface area (Å²) in [5, 5.41) is 86.8. The second kappa shape index (κ2) is 41.4. The Kier molecular flexibility index (Phi) is 37.9. The maximum Gasteiger partial charge on any atom is 0.220 e. The van der Waals surface area contributed by atoms with Gasteiger partial charge in [0.25, 0.3) is 0 Å². The number of allylic oxidation sites excluding steroid dienone is 7. The smallest absolute Gasteiger partial charge is 0.220 e. The molecule has 2 aliphatic rings. The molecule has 2 saturated heterocycles. The Bertz CT molecular complexity index is 1340. The third kappa shape index (κ3) is 28.1. The van der Waals surface area contributed by atoms with Crippen molar-refractivity contribution in [2.24, 2.45) is 0 Å². The molecule has 0 aromatic heterocycles. The molecule has 402 valence electrons. The van der Waals surface area contributed by atoms with Crippen LogP contribution in [0.5, 0.6) is 0 Å². The molecule has 12 unspecified atom stereocenters. The monoisotopic (exact) mass is 982 g/mol. The number of aliphatic hydroxyl groups is 8. The third-order valence-electron chi connectivity index (χ3n) is 13.2. The second-order valence-corrected chi connectivity index (χ2v) is 19.3. The predicted molar refractivity (Wildman–Crippen MR) is 272 cm³/mol. The standard InChI is InChI=1S/C55H99NO13/c1-3-5-7-9-11-13-15-17-19-21-23-25-27-29-31-33-35-37-39-47(60)56-43(44(59)38-36-34-32-30-28-26-24-22-20-18-16-14-12-10-8-6-4-2)42-66-54-52(65)50(63)53(46(41-58)68-54)69-55-51(64)49(62)48(61)45(40-57)67-55/h19-22,28,30,36,38,43-46,48-55,57-59,61-65H,3-18,23-27,29,31-35,37,39-42H2,1-2H3,(H,56,60)/b21-19-,22-20+,30-28+,38-36+. The van der Waals surface area contributed by atoms with Crippen LogP contribution in [0.3, 0.4) is 0 Å². The lowest BCUT2D eigenvalue weighted by Gasteiger charge is -2.46. The van der Waals surface area contributed by atoms with Crippen molar-refractivity contribution in [3.8, 4) is 0 Å². The van der Waals surface area contributed by atoms with Gasteiger partial charge in [-0.25, -0.2) is 0 Å². The van der Waals surface area contributed by atoms with E-state index >= 15 is 0 Å². The Balaban J connectivity index is 1.85. The van der Waals surface area contributed by atoms with Crippen LogP contribution < -0.4 is 5.32 Å². The molecule has 2 fully saturated rings. The molecule has 0 radical (unpaired) electrons. The molecule has 0 aromatic carbocycles. The zero-order valence-electron chi connectivity index (χ0n) is 42.8. The highest BCUT2D eigenvalue weighted by atomic mass is 16.7. The van der Waals surface area contributed by atoms with Crippen LogP contribution in [0.1, 0.15) is 200 Å². The Morgan fingerprint density at radius 3 is 1.42 bits per heavy atom. The second-order valence-electron chi connectivity index (χ2n) is 19.3. The lowest BCUT2D eigenvalue weighted by atomic mass is 9.97. The molecule has 12 atom stereocenters. The molecule has 0 spiro atoms. The average Bonchev–Trinajstić information content (AvgIpc) is 3.35. The van der Waals surface area contributed by atoms with Gasteiger partial charge in [0.05, 0.1) is 32.0 Å². The predicted octanol–water partition coefficient (Wildman–Crippen LogP) is 8.05. The normalized spacial score (nSPS) is 26.5. The van der Waals surface area contributed by atoms with Crippen LogP contribution in [0.25, 0.3) is 0 Å². The quantitative estimate of drug-likeness (QED) is 0.0209. The SMILES string of the molecule is CCCCCCCCC/C=C\CCCCCCCCCC(=O)NC(COC1OC(CO)C(OC2OC(CO)C(O)C(O)C2O)C(O)C1O)C(O)/C=C/CC/C=C/CC/C=C/CCCCCCCCC. The minimum Gasteiger partial charge on any atom is -0.394 e. The van der Waals surface area contributed by atoms with E-state index in [1.54, 1.807) is 6.08 Å². The van der Waals surface area contributed by atoms with Crippen LogP contribution in [0.15, 0.2) is 48.6 Å². The van der Waals surface area contributed by atoms with E-state index in [4.69, 9.17) is 18.9 Å². The van der Waals surface area contributed by atoms with E-state index in [9.17, 15) is 45.6 Å². The highest BCUT2D eigenvalue weighted by Crippen LogP contribution is 2.30. The fourth-order valence-corrected chi connectivity index (χ4v) is 8.73. The molecule has 14 heteroatoms. The van der Waals surface area contributed by atoms with Crippen molar-refractivity contribution in [3.63, 3.8) is 0 Å². The minimum absolute atomic E-state index is 0.259. The van der Waals surface area contributed by atoms with Crippen LogP contribution in [-0.2, 0) is 23.7 Å². The number of aliphatic hydroxyl groups excluding tert-OH is 8. The van der Waals surface area contributed by atoms with Crippen LogP contribution in [-0.4, -0.2) is 140 Å². The molecule has 2 heterocycles. The van der Waals surface area contributed by atoms with Gasteiger partial charge in [0, 0.05) is 6.42 Å². The zero-order chi connectivity index (χ0) is 50.3. The summed E-state index contributed by atoms with van der Waals surface area (Å²) in [5.41, 5.74) is 0. The van der Waals surface area contributed by atoms with Gasteiger partial charge in [-0.15, -0.1) is 0 Å². The van der Waals surface area contributed by atoms with Gasteiger partial charge in [0.1, 0.15) is 48.8 Å². The number of rotatable bonds is 42. The Hall–Kier alpha value is -2.05. The van der Waals surface area contributed by atoms with Crippen molar-refractivity contribution in [2.75, 3.05) is 19.8 Å². The van der Waals surface area contributed by atoms with Crippen LogP contribution in [0.2, 0.25) is 0 Å². The molecule has 0 aromatic rings. The molecule has 0 aliphatic carbocycles. The molecule has 0 bridgehead atoms. The first-order chi connectivity index (χ1) is 33.6. The van der Waals surface area contributed by atoms with Gasteiger partial charge in [-0.3, -0.25) is 4.79 Å². The summed E-state index contributed by atoms with van der Waals surface area (Å²) in [4.78, 5) is 13.2. The average molecular weight is 982 g/mol. The van der Waals surface area contributed by atoms with E-state index < -0.39 is 86.8 Å². The molecule has 1 amide bonds. The Morgan fingerprint density at radius 1 is 0.507 bits per heavy atom. The summed E-state index contributed by atoms with van der Waals surface area (Å²) in [6.07, 6.45) is 32.9. The van der Waals surface area contributed by atoms with Crippen molar-refractivity contribution in [1.82, 2.24) is 5.32 Å². The molecule has 2 rings (SSSR count). The third-order valence-corrected chi connectivity index (χ3v) is 13.2. The van der Waals surface area contributed by atoms with Gasteiger partial charge >= 0.3 is 0 Å². The number of hydrogen-bond acceptors (Lipinski definition) is 13. The molecular formula is C55H99NO13. The Morgan fingerprint density at radius 2 is 0.928 bits per heavy atom. The molecule has 9 N–H and O–H groups in total. The first kappa shape index (κ1) is 63.1. The van der Waals surface area contributed by atoms with E-state index in [-0.39, 0.29) is 18.9 Å². The maximum atomic E-state index is 13.2. The number of amides is 1. The number of carbonyl (C=O) groups is 1. The number of carbonyl (C=O) groups excluding carboxylic acids is 1. The molecular weight excluding hydrogens is 883 g/mol. The van der Waals surface area contributed by atoms with Gasteiger partial charge in [-0.2, -0.15) is 0 Å². The van der Waals surface area contributed by atoms with Gasteiger partial charge in [-0.05, 0) is 70.6 Å². The van der Waals surface area contributed by atoms with E-state index in [0.29, 0.717) is 12.8 Å². The molecule has 2 aliphatic heterocycles. The van der Waals surface area contributed by atoms with Gasteiger partial charge in [-0.1, -0.05) is 172 Å². The number of nitrogens with one attached hydrogen (secondary N) is 1. The summed E-state index contributed by atoms with van der Waals surface area (Å²) >= 11 is 0. The summed E-state index contributed by atoms with van der Waals surface area (Å²) in [7, 11) is 0. The lowest BCUT2D eigenvalue weighted by molar-refractivity contribution is -0.359. The van der Waals surface area contributed by atoms with Crippen molar-refractivity contribution in [1.29, 1.82) is 0 Å². The van der Waals surface area contributed by atoms with Crippen molar-refractivity contribution < 1.29 is 64.6 Å². The van der Waals surface area contributed by atoms with Gasteiger partial charge < -0.3 is 65.1 Å². The fourth-order valence-electron chi connectivity index (χ4n) is 8.73. The van der Waals surface area contributed by atoms with Gasteiger partial charge in [0.2, 0.25) is 5.91 Å². The van der Waals surface area contributed by atoms with Gasteiger partial charge in [0.15, 0.2) is 12.6 Å².